The molecule has 0 radical (unpaired) electrons. The van der Waals surface area contributed by atoms with E-state index in [2.05, 4.69) is 5.32 Å². The average Bonchev–Trinajstić information content (AvgIpc) is 2.06. The van der Waals surface area contributed by atoms with Crippen molar-refractivity contribution in [2.45, 2.75) is 18.6 Å². The van der Waals surface area contributed by atoms with Gasteiger partial charge < -0.3 is 15.2 Å². The quantitative estimate of drug-likeness (QED) is 0.600. The Morgan fingerprint density at radius 2 is 2.55 bits per heavy atom. The minimum Gasteiger partial charge on any atom is -0.390 e. The highest BCUT2D eigenvalue weighted by Crippen LogP contribution is 2.05. The molecule has 0 aromatic carbocycles. The van der Waals surface area contributed by atoms with E-state index >= 15 is 0 Å². The van der Waals surface area contributed by atoms with Gasteiger partial charge in [-0.2, -0.15) is 0 Å². The van der Waals surface area contributed by atoms with Crippen LogP contribution in [0.25, 0.3) is 0 Å². The van der Waals surface area contributed by atoms with Crippen molar-refractivity contribution in [1.82, 2.24) is 5.32 Å². The zero-order chi connectivity index (χ0) is 8.10. The monoisotopic (exact) mass is 163 g/mol. The minimum absolute atomic E-state index is 0.0190. The third-order valence-electron chi connectivity index (χ3n) is 1.72. The second-order valence-corrected chi connectivity index (χ2v) is 2.74. The number of alkyl halides is 1. The minimum atomic E-state index is -0.861. The number of aliphatic hydroxyl groups is 1. The molecular weight excluding hydrogens is 149 g/mol. The number of aliphatic hydroxyl groups excluding tert-OH is 1. The molecule has 66 valence electrons. The van der Waals surface area contributed by atoms with Gasteiger partial charge in [-0.05, 0) is 0 Å². The van der Waals surface area contributed by atoms with E-state index in [0.717, 1.165) is 13.1 Å². The lowest BCUT2D eigenvalue weighted by Crippen LogP contribution is -2.40. The molecule has 1 saturated heterocycles. The van der Waals surface area contributed by atoms with Crippen molar-refractivity contribution in [3.63, 3.8) is 0 Å². The van der Waals surface area contributed by atoms with E-state index in [0.29, 0.717) is 13.0 Å². The maximum Gasteiger partial charge on any atom is 0.115 e. The van der Waals surface area contributed by atoms with Crippen LogP contribution in [0.3, 0.4) is 0 Å². The van der Waals surface area contributed by atoms with Crippen LogP contribution < -0.4 is 5.32 Å². The SMILES string of the molecule is OC(CF)CC1CNCCO1. The summed E-state index contributed by atoms with van der Waals surface area (Å²) in [6.45, 7) is 1.54. The first-order chi connectivity index (χ1) is 5.33. The Morgan fingerprint density at radius 3 is 3.09 bits per heavy atom. The van der Waals surface area contributed by atoms with Crippen LogP contribution in [-0.2, 0) is 4.74 Å². The zero-order valence-electron chi connectivity index (χ0n) is 6.42. The number of rotatable bonds is 3. The Labute approximate surface area is 65.5 Å². The van der Waals surface area contributed by atoms with Crippen LogP contribution in [0.2, 0.25) is 0 Å². The second kappa shape index (κ2) is 4.64. The molecule has 0 bridgehead atoms. The van der Waals surface area contributed by atoms with E-state index in [9.17, 15) is 4.39 Å². The highest BCUT2D eigenvalue weighted by atomic mass is 19.1. The molecular formula is C7H14FNO2. The first kappa shape index (κ1) is 8.90. The molecule has 1 heterocycles. The smallest absolute Gasteiger partial charge is 0.115 e. The maximum absolute atomic E-state index is 11.8. The standard InChI is InChI=1S/C7H14FNO2/c8-4-6(10)3-7-5-9-1-2-11-7/h6-7,9-10H,1-5H2. The van der Waals surface area contributed by atoms with E-state index in [4.69, 9.17) is 9.84 Å². The molecule has 4 heteroatoms. The van der Waals surface area contributed by atoms with Gasteiger partial charge in [0.15, 0.2) is 0 Å². The molecule has 2 unspecified atom stereocenters. The first-order valence-electron chi connectivity index (χ1n) is 3.89. The largest absolute Gasteiger partial charge is 0.390 e. The van der Waals surface area contributed by atoms with Gasteiger partial charge in [-0.1, -0.05) is 0 Å². The molecule has 1 fully saturated rings. The zero-order valence-corrected chi connectivity index (χ0v) is 6.42. The lowest BCUT2D eigenvalue weighted by Gasteiger charge is -2.24. The summed E-state index contributed by atoms with van der Waals surface area (Å²) in [5.74, 6) is 0. The molecule has 0 aromatic heterocycles. The molecule has 1 rings (SSSR count). The van der Waals surface area contributed by atoms with Crippen LogP contribution in [0.1, 0.15) is 6.42 Å². The van der Waals surface area contributed by atoms with Gasteiger partial charge in [0, 0.05) is 19.5 Å². The van der Waals surface area contributed by atoms with Gasteiger partial charge in [0.1, 0.15) is 6.67 Å². The molecule has 2 atom stereocenters. The van der Waals surface area contributed by atoms with E-state index in [1.54, 1.807) is 0 Å². The normalized spacial score (nSPS) is 28.4. The number of morpholine rings is 1. The molecule has 1 aliphatic heterocycles. The molecule has 1 aliphatic rings. The Bertz CT molecular complexity index is 107. The summed E-state index contributed by atoms with van der Waals surface area (Å²) < 4.78 is 17.1. The average molecular weight is 163 g/mol. The van der Waals surface area contributed by atoms with Gasteiger partial charge in [-0.15, -0.1) is 0 Å². The summed E-state index contributed by atoms with van der Waals surface area (Å²) in [7, 11) is 0. The Kier molecular flexibility index (Phi) is 3.76. The second-order valence-electron chi connectivity index (χ2n) is 2.74. The van der Waals surface area contributed by atoms with Gasteiger partial charge >= 0.3 is 0 Å². The van der Waals surface area contributed by atoms with Gasteiger partial charge in [0.25, 0.3) is 0 Å². The lowest BCUT2D eigenvalue weighted by molar-refractivity contribution is -0.00919. The maximum atomic E-state index is 11.8. The molecule has 0 amide bonds. The highest BCUT2D eigenvalue weighted by molar-refractivity contribution is 4.70. The van der Waals surface area contributed by atoms with Crippen LogP contribution in [0, 0.1) is 0 Å². The van der Waals surface area contributed by atoms with Crippen LogP contribution in [0.15, 0.2) is 0 Å². The molecule has 3 nitrogen and oxygen atoms in total. The number of hydrogen-bond acceptors (Lipinski definition) is 3. The molecule has 0 spiro atoms. The topological polar surface area (TPSA) is 41.5 Å². The Balaban J connectivity index is 2.13. The van der Waals surface area contributed by atoms with Crippen molar-refractivity contribution in [2.75, 3.05) is 26.4 Å². The van der Waals surface area contributed by atoms with Gasteiger partial charge in [0.05, 0.1) is 18.8 Å². The summed E-state index contributed by atoms with van der Waals surface area (Å²) in [5.41, 5.74) is 0. The highest BCUT2D eigenvalue weighted by Gasteiger charge is 2.17. The van der Waals surface area contributed by atoms with E-state index < -0.39 is 12.8 Å². The third-order valence-corrected chi connectivity index (χ3v) is 1.72. The summed E-state index contributed by atoms with van der Waals surface area (Å²) in [6.07, 6.45) is -0.488. The Morgan fingerprint density at radius 1 is 1.73 bits per heavy atom. The van der Waals surface area contributed by atoms with Crippen molar-refractivity contribution >= 4 is 0 Å². The Hall–Kier alpha value is -0.190. The first-order valence-corrected chi connectivity index (χ1v) is 3.89. The molecule has 0 aliphatic carbocycles. The van der Waals surface area contributed by atoms with Crippen molar-refractivity contribution in [2.24, 2.45) is 0 Å². The summed E-state index contributed by atoms with van der Waals surface area (Å²) in [4.78, 5) is 0. The predicted molar refractivity (Wildman–Crippen MR) is 39.2 cm³/mol. The van der Waals surface area contributed by atoms with Gasteiger partial charge in [0.2, 0.25) is 0 Å². The van der Waals surface area contributed by atoms with Crippen LogP contribution in [0.4, 0.5) is 4.39 Å². The number of nitrogens with one attached hydrogen (secondary N) is 1. The van der Waals surface area contributed by atoms with Crippen LogP contribution in [0.5, 0.6) is 0 Å². The van der Waals surface area contributed by atoms with Gasteiger partial charge in [-0.3, -0.25) is 0 Å². The molecule has 0 aromatic rings. The summed E-state index contributed by atoms with van der Waals surface area (Å²) in [5, 5.41) is 12.0. The molecule has 11 heavy (non-hydrogen) atoms. The number of halogens is 1. The lowest BCUT2D eigenvalue weighted by atomic mass is 10.1. The fourth-order valence-corrected chi connectivity index (χ4v) is 1.14. The third kappa shape index (κ3) is 3.14. The fourth-order valence-electron chi connectivity index (χ4n) is 1.14. The fraction of sp³-hybridized carbons (Fsp3) is 1.00. The van der Waals surface area contributed by atoms with Crippen molar-refractivity contribution in [3.05, 3.63) is 0 Å². The molecule has 2 N–H and O–H groups in total. The van der Waals surface area contributed by atoms with Gasteiger partial charge in [-0.25, -0.2) is 4.39 Å². The van der Waals surface area contributed by atoms with Crippen molar-refractivity contribution in [1.29, 1.82) is 0 Å². The molecule has 0 saturated carbocycles. The number of ether oxygens (including phenoxy) is 1. The summed E-state index contributed by atoms with van der Waals surface area (Å²) in [6, 6.07) is 0. The summed E-state index contributed by atoms with van der Waals surface area (Å²) >= 11 is 0. The van der Waals surface area contributed by atoms with E-state index in [1.165, 1.54) is 0 Å². The van der Waals surface area contributed by atoms with E-state index in [1.807, 2.05) is 0 Å². The van der Waals surface area contributed by atoms with Crippen molar-refractivity contribution < 1.29 is 14.2 Å². The van der Waals surface area contributed by atoms with E-state index in [-0.39, 0.29) is 6.10 Å². The van der Waals surface area contributed by atoms with Crippen LogP contribution in [-0.4, -0.2) is 43.7 Å². The predicted octanol–water partition coefficient (Wildman–Crippen LogP) is -0.305. The number of hydrogen-bond donors (Lipinski definition) is 2. The van der Waals surface area contributed by atoms with Crippen molar-refractivity contribution in [3.8, 4) is 0 Å². The van der Waals surface area contributed by atoms with Crippen LogP contribution >= 0.6 is 0 Å².